The molecule has 0 aliphatic heterocycles. The van der Waals surface area contributed by atoms with Gasteiger partial charge >= 0.3 is 0 Å². The Kier molecular flexibility index (Phi) is 5.35. The maximum Gasteiger partial charge on any atom is 0.252 e. The Hall–Kier alpha value is -2.97. The number of benzene rings is 2. The lowest BCUT2D eigenvalue weighted by molar-refractivity contribution is -0.114. The molecule has 0 saturated carbocycles. The third kappa shape index (κ3) is 4.29. The van der Waals surface area contributed by atoms with Gasteiger partial charge in [-0.15, -0.1) is 0 Å². The number of nitrogens with one attached hydrogen (secondary N) is 3. The van der Waals surface area contributed by atoms with Crippen molar-refractivity contribution in [1.82, 2.24) is 9.71 Å². The molecule has 0 aliphatic carbocycles. The highest BCUT2D eigenvalue weighted by molar-refractivity contribution is 7.89. The van der Waals surface area contributed by atoms with Crippen molar-refractivity contribution in [3.8, 4) is 0 Å². The fourth-order valence-corrected chi connectivity index (χ4v) is 4.05. The van der Waals surface area contributed by atoms with E-state index >= 15 is 0 Å². The van der Waals surface area contributed by atoms with E-state index in [4.69, 9.17) is 0 Å². The van der Waals surface area contributed by atoms with E-state index in [2.05, 4.69) is 15.0 Å². The molecule has 1 amide bonds. The van der Waals surface area contributed by atoms with Gasteiger partial charge in [0.15, 0.2) is 0 Å². The van der Waals surface area contributed by atoms with E-state index in [9.17, 15) is 18.0 Å². The molecule has 0 fully saturated rings. The molecule has 2 aromatic carbocycles. The van der Waals surface area contributed by atoms with Crippen LogP contribution >= 0.6 is 0 Å². The number of aromatic nitrogens is 1. The average molecular weight is 399 g/mol. The monoisotopic (exact) mass is 399 g/mol. The van der Waals surface area contributed by atoms with Gasteiger partial charge in [0.1, 0.15) is 0 Å². The number of hydrogen-bond acceptors (Lipinski definition) is 4. The average Bonchev–Trinajstić information content (AvgIpc) is 2.61. The maximum atomic E-state index is 12.5. The van der Waals surface area contributed by atoms with Crippen LogP contribution in [0.1, 0.15) is 23.6 Å². The molecule has 3 aromatic rings. The first kappa shape index (κ1) is 19.8. The van der Waals surface area contributed by atoms with E-state index in [1.54, 1.807) is 6.07 Å². The van der Waals surface area contributed by atoms with Gasteiger partial charge in [-0.05, 0) is 61.2 Å². The van der Waals surface area contributed by atoms with Crippen LogP contribution in [0.4, 0.5) is 5.69 Å². The Balaban J connectivity index is 1.83. The molecular formula is C20H21N3O4S. The first-order valence-electron chi connectivity index (χ1n) is 8.66. The second-order valence-corrected chi connectivity index (χ2v) is 8.47. The van der Waals surface area contributed by atoms with Gasteiger partial charge in [-0.3, -0.25) is 9.59 Å². The van der Waals surface area contributed by atoms with Gasteiger partial charge in [-0.2, -0.15) is 0 Å². The molecule has 146 valence electrons. The molecule has 3 N–H and O–H groups in total. The Labute approximate surface area is 162 Å². The number of aromatic amines is 1. The molecule has 28 heavy (non-hydrogen) atoms. The summed E-state index contributed by atoms with van der Waals surface area (Å²) in [6, 6.07) is 11.4. The van der Waals surface area contributed by atoms with Crippen molar-refractivity contribution in [2.24, 2.45) is 0 Å². The summed E-state index contributed by atoms with van der Waals surface area (Å²) in [5, 5.41) is 3.43. The summed E-state index contributed by atoms with van der Waals surface area (Å²) < 4.78 is 27.5. The molecule has 0 unspecified atom stereocenters. The minimum atomic E-state index is -3.81. The van der Waals surface area contributed by atoms with Crippen molar-refractivity contribution in [2.45, 2.75) is 32.2 Å². The van der Waals surface area contributed by atoms with Crippen molar-refractivity contribution in [1.29, 1.82) is 0 Å². The minimum Gasteiger partial charge on any atom is -0.326 e. The van der Waals surface area contributed by atoms with Crippen LogP contribution in [0.3, 0.4) is 0 Å². The summed E-state index contributed by atoms with van der Waals surface area (Å²) in [7, 11) is -3.81. The molecule has 0 spiro atoms. The molecular weight excluding hydrogens is 378 g/mol. The second-order valence-electron chi connectivity index (χ2n) is 6.70. The van der Waals surface area contributed by atoms with Gasteiger partial charge in [-0.1, -0.05) is 11.6 Å². The predicted octanol–water partition coefficient (Wildman–Crippen LogP) is 2.58. The first-order chi connectivity index (χ1) is 13.2. The van der Waals surface area contributed by atoms with Crippen LogP contribution < -0.4 is 15.6 Å². The van der Waals surface area contributed by atoms with Crippen LogP contribution in [-0.4, -0.2) is 19.3 Å². The molecule has 0 aliphatic rings. The third-order valence-corrected chi connectivity index (χ3v) is 5.73. The number of H-pyrrole nitrogens is 1. The van der Waals surface area contributed by atoms with E-state index in [0.717, 1.165) is 22.0 Å². The van der Waals surface area contributed by atoms with Gasteiger partial charge in [0.2, 0.25) is 15.9 Å². The molecule has 0 atom stereocenters. The molecule has 7 nitrogen and oxygen atoms in total. The molecule has 3 rings (SSSR count). The number of anilines is 1. The van der Waals surface area contributed by atoms with Crippen LogP contribution in [0.15, 0.2) is 52.2 Å². The number of sulfonamides is 1. The quantitative estimate of drug-likeness (QED) is 0.613. The summed E-state index contributed by atoms with van der Waals surface area (Å²) in [6.07, 6.45) is 0. The third-order valence-electron chi connectivity index (χ3n) is 4.31. The zero-order chi connectivity index (χ0) is 20.5. The molecule has 1 heterocycles. The van der Waals surface area contributed by atoms with E-state index in [1.807, 2.05) is 26.0 Å². The highest BCUT2D eigenvalue weighted by Gasteiger charge is 2.15. The fourth-order valence-electron chi connectivity index (χ4n) is 3.04. The van der Waals surface area contributed by atoms with Gasteiger partial charge in [0, 0.05) is 24.7 Å². The molecule has 0 radical (unpaired) electrons. The van der Waals surface area contributed by atoms with Crippen molar-refractivity contribution >= 4 is 32.5 Å². The van der Waals surface area contributed by atoms with E-state index in [1.165, 1.54) is 31.2 Å². The summed E-state index contributed by atoms with van der Waals surface area (Å²) >= 11 is 0. The summed E-state index contributed by atoms with van der Waals surface area (Å²) in [5.74, 6) is -0.241. The van der Waals surface area contributed by atoms with Crippen molar-refractivity contribution < 1.29 is 13.2 Å². The Bertz CT molecular complexity index is 1210. The van der Waals surface area contributed by atoms with Crippen molar-refractivity contribution in [2.75, 3.05) is 5.32 Å². The Morgan fingerprint density at radius 3 is 2.39 bits per heavy atom. The van der Waals surface area contributed by atoms with Gasteiger partial charge in [-0.25, -0.2) is 13.1 Å². The van der Waals surface area contributed by atoms with Gasteiger partial charge in [0.05, 0.1) is 10.4 Å². The lowest BCUT2D eigenvalue weighted by Crippen LogP contribution is -2.27. The zero-order valence-corrected chi connectivity index (χ0v) is 16.6. The van der Waals surface area contributed by atoms with Crippen LogP contribution in [0.5, 0.6) is 0 Å². The van der Waals surface area contributed by atoms with Crippen molar-refractivity contribution in [3.63, 3.8) is 0 Å². The topological polar surface area (TPSA) is 108 Å². The molecule has 0 bridgehead atoms. The Morgan fingerprint density at radius 1 is 1.07 bits per heavy atom. The largest absolute Gasteiger partial charge is 0.326 e. The summed E-state index contributed by atoms with van der Waals surface area (Å²) in [4.78, 5) is 26.3. The number of carbonyl (C=O) groups is 1. The molecule has 1 aromatic heterocycles. The number of amides is 1. The van der Waals surface area contributed by atoms with E-state index < -0.39 is 10.0 Å². The normalized spacial score (nSPS) is 11.5. The number of hydrogen-bond donors (Lipinski definition) is 3. The maximum absolute atomic E-state index is 12.5. The lowest BCUT2D eigenvalue weighted by Gasteiger charge is -2.10. The molecule has 0 saturated heterocycles. The fraction of sp³-hybridized carbons (Fsp3) is 0.200. The minimum absolute atomic E-state index is 0.0468. The highest BCUT2D eigenvalue weighted by atomic mass is 32.2. The van der Waals surface area contributed by atoms with Crippen molar-refractivity contribution in [3.05, 3.63) is 69.5 Å². The smallest absolute Gasteiger partial charge is 0.252 e. The van der Waals surface area contributed by atoms with Gasteiger partial charge < -0.3 is 10.3 Å². The molecule has 8 heteroatoms. The lowest BCUT2D eigenvalue weighted by atomic mass is 10.1. The number of pyridine rings is 1. The number of fused-ring (bicyclic) bond motifs is 1. The summed E-state index contributed by atoms with van der Waals surface area (Å²) in [6.45, 7) is 5.12. The number of carbonyl (C=O) groups excluding carboxylic acids is 1. The Morgan fingerprint density at radius 2 is 1.75 bits per heavy atom. The number of rotatable bonds is 5. The number of aryl methyl sites for hydroxylation is 2. The van der Waals surface area contributed by atoms with E-state index in [0.29, 0.717) is 11.3 Å². The SMILES string of the molecule is CC(=O)Nc1ccc(S(=O)(=O)NCc2cc3cc(C)cc(C)c3[nH]c2=O)cc1. The standard InChI is InChI=1S/C20H21N3O4S/c1-12-8-13(2)19-15(9-12)10-16(20(25)23-19)11-21-28(26,27)18-6-4-17(5-7-18)22-14(3)24/h4-10,21H,11H2,1-3H3,(H,22,24)(H,23,25). The van der Waals surface area contributed by atoms with Gasteiger partial charge in [0.25, 0.3) is 5.56 Å². The predicted molar refractivity (Wildman–Crippen MR) is 109 cm³/mol. The van der Waals surface area contributed by atoms with Crippen LogP contribution in [0, 0.1) is 13.8 Å². The highest BCUT2D eigenvalue weighted by Crippen LogP contribution is 2.18. The van der Waals surface area contributed by atoms with Crippen LogP contribution in [0.2, 0.25) is 0 Å². The van der Waals surface area contributed by atoms with Crippen LogP contribution in [-0.2, 0) is 21.4 Å². The first-order valence-corrected chi connectivity index (χ1v) is 10.1. The van der Waals surface area contributed by atoms with E-state index in [-0.39, 0.29) is 22.9 Å². The summed E-state index contributed by atoms with van der Waals surface area (Å²) in [5.41, 5.74) is 3.26. The zero-order valence-electron chi connectivity index (χ0n) is 15.8. The van der Waals surface area contributed by atoms with Crippen LogP contribution in [0.25, 0.3) is 10.9 Å². The second kappa shape index (κ2) is 7.57.